The first-order valence-electron chi connectivity index (χ1n) is 14.3. The van der Waals surface area contributed by atoms with Crippen molar-refractivity contribution in [2.45, 2.75) is 6.42 Å². The van der Waals surface area contributed by atoms with Crippen LogP contribution in [0.3, 0.4) is 0 Å². The molecule has 242 valence electrons. The Hall–Kier alpha value is -5.57. The Bertz CT molecular complexity index is 2000. The molecule has 2 N–H and O–H groups in total. The molecule has 0 spiro atoms. The first-order chi connectivity index (χ1) is 22.6. The normalized spacial score (nSPS) is 15.1. The predicted octanol–water partition coefficient (Wildman–Crippen LogP) is 4.33. The smallest absolute Gasteiger partial charge is 0.418 e. The standard InChI is InChI=1S/C32H27F2N5O7S/c1-47(43,38-32(42)46-12-9-39-30(40)22-5-2-3-6-23(22)31(39)41)18-19-13-28-36-27-16-24(25(34)17-35-27)21-8-7-20(33)15-26(21)44-10-4-11-45-29(14-19)37-28/h2-3,5-8,13-18H,4,9-12H2,1H3,(H,35,36,37)(H,38,42,43). The fourth-order valence-corrected chi connectivity index (χ4v) is 6.09. The molecule has 4 aromatic rings. The minimum absolute atomic E-state index is 0.121. The summed E-state index contributed by atoms with van der Waals surface area (Å²) in [5, 5.41) is 4.26. The molecule has 0 radical (unpaired) electrons. The number of carbonyl (C=O) groups is 3. The van der Waals surface area contributed by atoms with E-state index in [2.05, 4.69) is 20.0 Å². The zero-order valence-electron chi connectivity index (χ0n) is 24.8. The van der Waals surface area contributed by atoms with Gasteiger partial charge in [-0.05, 0) is 42.0 Å². The minimum atomic E-state index is -3.20. The van der Waals surface area contributed by atoms with Crippen molar-refractivity contribution in [3.8, 4) is 22.8 Å². The second-order valence-corrected chi connectivity index (χ2v) is 12.8. The number of amides is 3. The molecule has 0 aliphatic carbocycles. The summed E-state index contributed by atoms with van der Waals surface area (Å²) < 4.78 is 61.2. The summed E-state index contributed by atoms with van der Waals surface area (Å²) in [6, 6.07) is 14.6. The van der Waals surface area contributed by atoms with E-state index in [1.165, 1.54) is 48.0 Å². The lowest BCUT2D eigenvalue weighted by Gasteiger charge is -2.16. The lowest BCUT2D eigenvalue weighted by atomic mass is 10.0. The quantitative estimate of drug-likeness (QED) is 0.234. The van der Waals surface area contributed by atoms with Crippen LogP contribution in [0.4, 0.5) is 25.2 Å². The fraction of sp³-hybridized carbons (Fsp3) is 0.188. The van der Waals surface area contributed by atoms with Gasteiger partial charge in [-0.2, -0.15) is 4.98 Å². The number of aromatic nitrogens is 2. The van der Waals surface area contributed by atoms with Crippen molar-refractivity contribution < 1.29 is 41.6 Å². The van der Waals surface area contributed by atoms with Crippen molar-refractivity contribution in [3.05, 3.63) is 95.2 Å². The number of ether oxygens (including phenoxy) is 3. The lowest BCUT2D eigenvalue weighted by molar-refractivity contribution is 0.0607. The van der Waals surface area contributed by atoms with Crippen LogP contribution in [-0.4, -0.2) is 75.0 Å². The number of nitrogens with zero attached hydrogens (tertiary/aromatic N) is 3. The van der Waals surface area contributed by atoms with Crippen molar-refractivity contribution in [1.82, 2.24) is 19.6 Å². The van der Waals surface area contributed by atoms with Crippen molar-refractivity contribution in [3.63, 3.8) is 0 Å². The van der Waals surface area contributed by atoms with Gasteiger partial charge in [0.15, 0.2) is 0 Å². The number of hydrogen-bond acceptors (Lipinski definition) is 10. The maximum Gasteiger partial charge on any atom is 0.418 e. The summed E-state index contributed by atoms with van der Waals surface area (Å²) in [5.74, 6) is -1.44. The average Bonchev–Trinajstić information content (AvgIpc) is 3.26. The largest absolute Gasteiger partial charge is 0.493 e. The Balaban J connectivity index is 1.18. The fourth-order valence-electron chi connectivity index (χ4n) is 4.99. The van der Waals surface area contributed by atoms with Gasteiger partial charge in [-0.1, -0.05) is 12.1 Å². The molecule has 4 bridgehead atoms. The Kier molecular flexibility index (Phi) is 8.72. The van der Waals surface area contributed by atoms with Crippen molar-refractivity contribution >= 4 is 44.6 Å². The second-order valence-electron chi connectivity index (χ2n) is 10.6. The van der Waals surface area contributed by atoms with Crippen molar-refractivity contribution in [1.29, 1.82) is 0 Å². The van der Waals surface area contributed by atoms with Gasteiger partial charge in [0.05, 0.1) is 46.8 Å². The summed E-state index contributed by atoms with van der Waals surface area (Å²) >= 11 is 0. The van der Waals surface area contributed by atoms with Gasteiger partial charge < -0.3 is 19.5 Å². The molecule has 0 fully saturated rings. The summed E-state index contributed by atoms with van der Waals surface area (Å²) in [5.41, 5.74) is 1.35. The molecule has 6 rings (SSSR count). The third-order valence-electron chi connectivity index (χ3n) is 7.04. The Morgan fingerprint density at radius 1 is 1.00 bits per heavy atom. The molecule has 4 heterocycles. The van der Waals surface area contributed by atoms with Crippen LogP contribution in [-0.2, 0) is 14.4 Å². The molecule has 1 atom stereocenters. The van der Waals surface area contributed by atoms with E-state index < -0.39 is 39.2 Å². The van der Waals surface area contributed by atoms with Gasteiger partial charge >= 0.3 is 6.09 Å². The van der Waals surface area contributed by atoms with Crippen LogP contribution in [0.5, 0.6) is 11.6 Å². The monoisotopic (exact) mass is 663 g/mol. The van der Waals surface area contributed by atoms with Crippen LogP contribution in [0.2, 0.25) is 0 Å². The molecule has 2 aromatic carbocycles. The van der Waals surface area contributed by atoms with Crippen LogP contribution < -0.4 is 19.5 Å². The van der Waals surface area contributed by atoms with Crippen molar-refractivity contribution in [2.75, 3.05) is 37.9 Å². The average molecular weight is 664 g/mol. The highest BCUT2D eigenvalue weighted by Crippen LogP contribution is 2.34. The van der Waals surface area contributed by atoms with E-state index in [1.54, 1.807) is 24.3 Å². The van der Waals surface area contributed by atoms with Crippen LogP contribution in [0.25, 0.3) is 11.1 Å². The Morgan fingerprint density at radius 3 is 2.51 bits per heavy atom. The Morgan fingerprint density at radius 2 is 1.74 bits per heavy atom. The molecule has 1 unspecified atom stereocenters. The van der Waals surface area contributed by atoms with E-state index in [4.69, 9.17) is 14.2 Å². The van der Waals surface area contributed by atoms with Gasteiger partial charge in [-0.25, -0.2) is 27.5 Å². The highest BCUT2D eigenvalue weighted by Gasteiger charge is 2.34. The molecule has 0 saturated carbocycles. The van der Waals surface area contributed by atoms with E-state index >= 15 is 0 Å². The maximum absolute atomic E-state index is 14.9. The topological polar surface area (TPSA) is 149 Å². The number of anilines is 2. The minimum Gasteiger partial charge on any atom is -0.493 e. The molecule has 47 heavy (non-hydrogen) atoms. The van der Waals surface area contributed by atoms with Gasteiger partial charge in [0, 0.05) is 41.3 Å². The first-order valence-corrected chi connectivity index (χ1v) is 16.3. The number of carbonyl (C=O) groups excluding carboxylic acids is 3. The molecule has 15 heteroatoms. The van der Waals surface area contributed by atoms with Gasteiger partial charge in [-0.15, -0.1) is 0 Å². The molecule has 3 amide bonds. The zero-order valence-corrected chi connectivity index (χ0v) is 25.6. The van der Waals surface area contributed by atoms with Gasteiger partial charge in [0.1, 0.15) is 35.6 Å². The number of benzene rings is 2. The van der Waals surface area contributed by atoms with Crippen molar-refractivity contribution in [2.24, 2.45) is 0 Å². The SMILES string of the molecule is CS(=O)(=Cc1cc2nc(c1)OCCCOc1cc(F)ccc1-c1cc(ncc1F)N2)NC(=O)OCCN1C(=O)c2ccccc2C1=O. The summed E-state index contributed by atoms with van der Waals surface area (Å²) in [6.07, 6.45) is 1.64. The van der Waals surface area contributed by atoms with Gasteiger partial charge in [-0.3, -0.25) is 14.5 Å². The third kappa shape index (κ3) is 7.14. The molecular formula is C32H27F2N5O7S. The van der Waals surface area contributed by atoms with Gasteiger partial charge in [0.2, 0.25) is 5.88 Å². The number of imide groups is 1. The van der Waals surface area contributed by atoms with E-state index in [0.29, 0.717) is 17.5 Å². The predicted molar refractivity (Wildman–Crippen MR) is 168 cm³/mol. The lowest BCUT2D eigenvalue weighted by Crippen LogP contribution is -2.36. The molecule has 2 aliphatic rings. The van der Waals surface area contributed by atoms with Crippen LogP contribution in [0.1, 0.15) is 32.7 Å². The highest BCUT2D eigenvalue weighted by atomic mass is 32.2. The van der Waals surface area contributed by atoms with E-state index in [-0.39, 0.29) is 66.3 Å². The highest BCUT2D eigenvalue weighted by molar-refractivity contribution is 7.99. The van der Waals surface area contributed by atoms with E-state index in [9.17, 15) is 27.4 Å². The molecule has 0 saturated heterocycles. The van der Waals surface area contributed by atoms with E-state index in [1.807, 2.05) is 0 Å². The van der Waals surface area contributed by atoms with Crippen LogP contribution >= 0.6 is 0 Å². The second kappa shape index (κ2) is 13.0. The third-order valence-corrected chi connectivity index (χ3v) is 8.33. The molecular weight excluding hydrogens is 636 g/mol. The maximum atomic E-state index is 14.9. The number of nitrogens with one attached hydrogen (secondary N) is 2. The van der Waals surface area contributed by atoms with Gasteiger partial charge in [0.25, 0.3) is 11.8 Å². The summed E-state index contributed by atoms with van der Waals surface area (Å²) in [6.45, 7) is -0.211. The van der Waals surface area contributed by atoms with Crippen LogP contribution in [0.15, 0.2) is 66.9 Å². The Labute approximate surface area is 267 Å². The number of pyridine rings is 2. The number of rotatable bonds is 5. The number of hydrogen-bond donors (Lipinski definition) is 2. The first kappa shape index (κ1) is 31.4. The molecule has 12 nitrogen and oxygen atoms in total. The molecule has 2 aromatic heterocycles. The van der Waals surface area contributed by atoms with Crippen LogP contribution in [0, 0.1) is 11.6 Å². The zero-order chi connectivity index (χ0) is 33.1. The summed E-state index contributed by atoms with van der Waals surface area (Å²) in [7, 11) is -3.20. The number of fused-ring (bicyclic) bond motifs is 7. The van der Waals surface area contributed by atoms with E-state index in [0.717, 1.165) is 11.1 Å². The molecule has 2 aliphatic heterocycles. The summed E-state index contributed by atoms with van der Waals surface area (Å²) in [4.78, 5) is 47.0. The number of halogens is 2.